The van der Waals surface area contributed by atoms with Crippen LogP contribution in [0.2, 0.25) is 5.02 Å². The smallest absolute Gasteiger partial charge is 0.262 e. The van der Waals surface area contributed by atoms with Crippen LogP contribution in [0.4, 0.5) is 0 Å². The number of halogens is 1. The minimum atomic E-state index is -1.00. The molecule has 0 spiro atoms. The lowest BCUT2D eigenvalue weighted by atomic mass is 9.49. The summed E-state index contributed by atoms with van der Waals surface area (Å²) in [5, 5.41) is 15.0. The van der Waals surface area contributed by atoms with Crippen molar-refractivity contribution in [3.63, 3.8) is 0 Å². The number of amides is 5. The maximum Gasteiger partial charge on any atom is 0.262 e. The van der Waals surface area contributed by atoms with Gasteiger partial charge in [0.2, 0.25) is 11.8 Å². The number of ether oxygens (including phenoxy) is 2. The van der Waals surface area contributed by atoms with Gasteiger partial charge in [0.15, 0.2) is 0 Å². The van der Waals surface area contributed by atoms with Gasteiger partial charge in [0.25, 0.3) is 17.7 Å². The number of piperazine rings is 1. The third-order valence-electron chi connectivity index (χ3n) is 11.9. The van der Waals surface area contributed by atoms with E-state index in [2.05, 4.69) is 54.2 Å². The van der Waals surface area contributed by atoms with Gasteiger partial charge in [-0.25, -0.2) is 0 Å². The molecule has 0 aromatic heterocycles. The Bertz CT molecular complexity index is 2120. The quantitative estimate of drug-likeness (QED) is 0.251. The Hall–Kier alpha value is -5.29. The highest BCUT2D eigenvalue weighted by molar-refractivity contribution is 6.31. The van der Waals surface area contributed by atoms with Gasteiger partial charge in [0.1, 0.15) is 36.3 Å². The SMILES string of the molecule is CC1(C)[C@H](NC(=O)c2ccc(CCN3CCN(CCOc4ccc5c(c4)C(=O)N(C4CCC(=O)NC4=O)C5=O)CC3)cc2)C(C)(C)[C@H]1Oc1ccc(C#N)c(Cl)c1. The van der Waals surface area contributed by atoms with Gasteiger partial charge in [-0.1, -0.05) is 51.4 Å². The average Bonchev–Trinajstić information content (AvgIpc) is 3.43. The number of nitrogens with one attached hydrogen (secondary N) is 2. The van der Waals surface area contributed by atoms with Crippen LogP contribution in [0.5, 0.6) is 11.5 Å². The van der Waals surface area contributed by atoms with Crippen LogP contribution in [0.3, 0.4) is 0 Å². The lowest BCUT2D eigenvalue weighted by Gasteiger charge is -2.63. The molecule has 4 aliphatic rings. The summed E-state index contributed by atoms with van der Waals surface area (Å²) in [7, 11) is 0. The van der Waals surface area contributed by atoms with Crippen LogP contribution < -0.4 is 20.1 Å². The fourth-order valence-electron chi connectivity index (χ4n) is 8.99. The van der Waals surface area contributed by atoms with Crippen LogP contribution in [0, 0.1) is 22.2 Å². The van der Waals surface area contributed by atoms with E-state index in [4.69, 9.17) is 21.1 Å². The zero-order valence-electron chi connectivity index (χ0n) is 32.6. The van der Waals surface area contributed by atoms with Crippen molar-refractivity contribution in [3.05, 3.63) is 93.5 Å². The monoisotopic (exact) mass is 794 g/mol. The second-order valence-electron chi connectivity index (χ2n) is 16.4. The first-order valence-electron chi connectivity index (χ1n) is 19.4. The highest BCUT2D eigenvalue weighted by Gasteiger charge is 2.64. The van der Waals surface area contributed by atoms with Crippen molar-refractivity contribution in [2.45, 2.75) is 65.1 Å². The van der Waals surface area contributed by atoms with E-state index in [1.165, 1.54) is 0 Å². The molecule has 0 radical (unpaired) electrons. The molecule has 7 rings (SSSR count). The van der Waals surface area contributed by atoms with Gasteiger partial charge in [-0.2, -0.15) is 5.26 Å². The molecule has 1 aliphatic carbocycles. The van der Waals surface area contributed by atoms with Crippen molar-refractivity contribution in [1.29, 1.82) is 5.26 Å². The van der Waals surface area contributed by atoms with Crippen molar-refractivity contribution in [2.24, 2.45) is 10.8 Å². The molecule has 3 aromatic carbocycles. The van der Waals surface area contributed by atoms with Gasteiger partial charge in [-0.3, -0.25) is 39.1 Å². The molecular formula is C43H47ClN6O7. The van der Waals surface area contributed by atoms with Crippen molar-refractivity contribution in [2.75, 3.05) is 45.9 Å². The van der Waals surface area contributed by atoms with Crippen LogP contribution in [0.1, 0.15) is 82.7 Å². The summed E-state index contributed by atoms with van der Waals surface area (Å²) in [5.41, 5.74) is 1.88. The second kappa shape index (κ2) is 15.9. The fourth-order valence-corrected chi connectivity index (χ4v) is 9.20. The largest absolute Gasteiger partial charge is 0.492 e. The zero-order valence-corrected chi connectivity index (χ0v) is 33.4. The summed E-state index contributed by atoms with van der Waals surface area (Å²) in [6, 6.07) is 18.6. The van der Waals surface area contributed by atoms with Crippen LogP contribution in [-0.2, 0) is 16.0 Å². The average molecular weight is 795 g/mol. The normalized spacial score (nSPS) is 22.9. The predicted molar refractivity (Wildman–Crippen MR) is 211 cm³/mol. The van der Waals surface area contributed by atoms with Gasteiger partial charge in [-0.05, 0) is 60.9 Å². The summed E-state index contributed by atoms with van der Waals surface area (Å²) in [5.74, 6) is -1.20. The van der Waals surface area contributed by atoms with E-state index >= 15 is 0 Å². The third kappa shape index (κ3) is 7.99. The lowest BCUT2D eigenvalue weighted by molar-refractivity contribution is -0.164. The molecule has 2 saturated heterocycles. The van der Waals surface area contributed by atoms with Gasteiger partial charge in [-0.15, -0.1) is 0 Å². The van der Waals surface area contributed by atoms with E-state index in [-0.39, 0.29) is 52.9 Å². The molecule has 0 bridgehead atoms. The molecule has 13 nitrogen and oxygen atoms in total. The number of carbonyl (C=O) groups is 5. The van der Waals surface area contributed by atoms with Gasteiger partial charge in [0, 0.05) is 74.2 Å². The molecule has 2 N–H and O–H groups in total. The highest BCUT2D eigenvalue weighted by Crippen LogP contribution is 2.55. The number of hydrogen-bond acceptors (Lipinski definition) is 10. The van der Waals surface area contributed by atoms with E-state index < -0.39 is 29.7 Å². The number of benzene rings is 3. The van der Waals surface area contributed by atoms with E-state index in [0.717, 1.165) is 49.6 Å². The van der Waals surface area contributed by atoms with Crippen LogP contribution in [-0.4, -0.2) is 108 Å². The summed E-state index contributed by atoms with van der Waals surface area (Å²) in [6.45, 7) is 14.0. The Balaban J connectivity index is 0.824. The summed E-state index contributed by atoms with van der Waals surface area (Å²) >= 11 is 6.23. The van der Waals surface area contributed by atoms with Crippen LogP contribution >= 0.6 is 11.6 Å². The molecule has 3 aromatic rings. The minimum absolute atomic E-state index is 0.0703. The molecule has 3 heterocycles. The van der Waals surface area contributed by atoms with Crippen molar-refractivity contribution >= 4 is 41.1 Å². The molecule has 1 unspecified atom stereocenters. The maximum atomic E-state index is 13.4. The molecule has 57 heavy (non-hydrogen) atoms. The molecule has 298 valence electrons. The Labute approximate surface area is 337 Å². The Morgan fingerprint density at radius 3 is 2.18 bits per heavy atom. The zero-order chi connectivity index (χ0) is 40.6. The number of nitrogens with zero attached hydrogens (tertiary/aromatic N) is 4. The van der Waals surface area contributed by atoms with Crippen molar-refractivity contribution < 1.29 is 33.4 Å². The fraction of sp³-hybridized carbons (Fsp3) is 0.442. The number of rotatable bonds is 12. The van der Waals surface area contributed by atoms with E-state index in [0.29, 0.717) is 40.8 Å². The number of fused-ring (bicyclic) bond motifs is 1. The maximum absolute atomic E-state index is 13.4. The van der Waals surface area contributed by atoms with Crippen LogP contribution in [0.25, 0.3) is 0 Å². The Morgan fingerprint density at radius 1 is 0.877 bits per heavy atom. The first-order chi connectivity index (χ1) is 27.2. The van der Waals surface area contributed by atoms with Gasteiger partial charge in [0.05, 0.1) is 21.7 Å². The topological polar surface area (TPSA) is 161 Å². The standard InChI is InChI=1S/C43H47ClN6O7/c1-42(2)40(43(3,4)41(42)57-30-10-9-28(25-45)33(44)24-30)47-36(52)27-7-5-26(6-8-27)15-16-48-17-19-49(20-18-48)21-22-56-29-11-12-31-32(23-29)39(55)50(38(31)54)34-13-14-35(51)46-37(34)53/h5-12,23-24,34,40-41H,13-22H2,1-4H3,(H,47,52)(H,46,51,53)/t34?,40-,41-. The minimum Gasteiger partial charge on any atom is -0.492 e. The number of hydrogen-bond donors (Lipinski definition) is 2. The molecule has 1 atom stereocenters. The number of nitriles is 1. The van der Waals surface area contributed by atoms with Crippen LogP contribution in [0.15, 0.2) is 60.7 Å². The molecule has 3 aliphatic heterocycles. The molecule has 3 fully saturated rings. The Kier molecular flexibility index (Phi) is 11.2. The van der Waals surface area contributed by atoms with E-state index in [1.54, 1.807) is 36.4 Å². The molecule has 5 amide bonds. The van der Waals surface area contributed by atoms with E-state index in [1.807, 2.05) is 24.3 Å². The predicted octanol–water partition coefficient (Wildman–Crippen LogP) is 4.46. The summed E-state index contributed by atoms with van der Waals surface area (Å²) in [4.78, 5) is 69.1. The van der Waals surface area contributed by atoms with Crippen molar-refractivity contribution in [1.82, 2.24) is 25.3 Å². The number of piperidine rings is 1. The van der Waals surface area contributed by atoms with Crippen molar-refractivity contribution in [3.8, 4) is 17.6 Å². The van der Waals surface area contributed by atoms with E-state index in [9.17, 15) is 29.2 Å². The summed E-state index contributed by atoms with van der Waals surface area (Å²) < 4.78 is 12.3. The first kappa shape index (κ1) is 39.9. The molecule has 1 saturated carbocycles. The van der Waals surface area contributed by atoms with Gasteiger partial charge < -0.3 is 19.7 Å². The third-order valence-corrected chi connectivity index (χ3v) is 12.2. The number of imide groups is 2. The second-order valence-corrected chi connectivity index (χ2v) is 16.8. The highest BCUT2D eigenvalue weighted by atomic mass is 35.5. The first-order valence-corrected chi connectivity index (χ1v) is 19.7. The Morgan fingerprint density at radius 2 is 1.53 bits per heavy atom. The molecular weight excluding hydrogens is 748 g/mol. The number of carbonyl (C=O) groups excluding carboxylic acids is 5. The molecule has 14 heteroatoms. The summed E-state index contributed by atoms with van der Waals surface area (Å²) in [6.07, 6.45) is 0.864. The lowest BCUT2D eigenvalue weighted by Crippen LogP contribution is -2.74. The van der Waals surface area contributed by atoms with Gasteiger partial charge >= 0.3 is 0 Å².